The van der Waals surface area contributed by atoms with Crippen LogP contribution in [-0.2, 0) is 19.5 Å². The Kier molecular flexibility index (Phi) is 3.84. The number of thiophene rings is 1. The first-order valence-electron chi connectivity index (χ1n) is 8.94. The van der Waals surface area contributed by atoms with Crippen LogP contribution in [0.15, 0.2) is 48.1 Å². The molecule has 0 atom stereocenters. The minimum Gasteiger partial charge on any atom is -0.361 e. The molecule has 0 radical (unpaired) electrons. The third-order valence-electron chi connectivity index (χ3n) is 5.07. The number of aromatic nitrogens is 3. The molecule has 1 N–H and O–H groups in total. The highest BCUT2D eigenvalue weighted by Crippen LogP contribution is 2.26. The number of hydrogen-bond acceptors (Lipinski definition) is 4. The molecule has 4 nitrogen and oxygen atoms in total. The van der Waals surface area contributed by atoms with Gasteiger partial charge in [0.05, 0.1) is 10.6 Å². The van der Waals surface area contributed by atoms with Crippen LogP contribution in [0.2, 0.25) is 0 Å². The normalized spacial score (nSPS) is 14.7. The van der Waals surface area contributed by atoms with Crippen LogP contribution >= 0.6 is 11.3 Å². The van der Waals surface area contributed by atoms with Crippen LogP contribution in [0.25, 0.3) is 21.6 Å². The minimum absolute atomic E-state index is 0.860. The lowest BCUT2D eigenvalue weighted by Gasteiger charge is -2.27. The first kappa shape index (κ1) is 15.7. The van der Waals surface area contributed by atoms with Crippen LogP contribution in [0, 0.1) is 6.92 Å². The van der Waals surface area contributed by atoms with Gasteiger partial charge in [0.2, 0.25) is 0 Å². The number of rotatable bonds is 3. The Hall–Kier alpha value is -2.50. The summed E-state index contributed by atoms with van der Waals surface area (Å²) < 4.78 is 0. The number of hydrogen-bond donors (Lipinski definition) is 1. The van der Waals surface area contributed by atoms with Crippen molar-refractivity contribution >= 4 is 22.2 Å². The van der Waals surface area contributed by atoms with Crippen LogP contribution in [-0.4, -0.2) is 26.4 Å². The Morgan fingerprint density at radius 2 is 2.23 bits per heavy atom. The first-order chi connectivity index (χ1) is 12.8. The van der Waals surface area contributed by atoms with Crippen molar-refractivity contribution in [2.75, 3.05) is 6.54 Å². The lowest BCUT2D eigenvalue weighted by atomic mass is 10.1. The van der Waals surface area contributed by atoms with Gasteiger partial charge in [0.1, 0.15) is 0 Å². The molecule has 0 spiro atoms. The SMILES string of the molecule is Cc1ccc2[nH]cc(CN3CCc4nc(-c5cccs5)ncc4C3)c2c1. The first-order valence-corrected chi connectivity index (χ1v) is 9.82. The monoisotopic (exact) mass is 360 g/mol. The van der Waals surface area contributed by atoms with Crippen molar-refractivity contribution in [3.8, 4) is 10.7 Å². The Morgan fingerprint density at radius 1 is 1.27 bits per heavy atom. The molecule has 5 heteroatoms. The number of H-pyrrole nitrogens is 1. The van der Waals surface area contributed by atoms with Crippen LogP contribution in [0.1, 0.15) is 22.4 Å². The third-order valence-corrected chi connectivity index (χ3v) is 5.94. The number of benzene rings is 1. The van der Waals surface area contributed by atoms with Gasteiger partial charge < -0.3 is 4.98 Å². The van der Waals surface area contributed by atoms with E-state index < -0.39 is 0 Å². The van der Waals surface area contributed by atoms with Crippen LogP contribution < -0.4 is 0 Å². The number of aryl methyl sites for hydroxylation is 1. The maximum absolute atomic E-state index is 4.82. The standard InChI is InChI=1S/C21H20N4S/c1-14-4-5-19-17(9-14)15(10-22-19)12-25-7-6-18-16(13-25)11-23-21(24-18)20-3-2-8-26-20/h2-5,8-11,22H,6-7,12-13H2,1H3. The van der Waals surface area contributed by atoms with Crippen molar-refractivity contribution in [1.82, 2.24) is 19.9 Å². The second kappa shape index (κ2) is 6.34. The Balaban J connectivity index is 1.38. The molecule has 0 saturated heterocycles. The maximum Gasteiger partial charge on any atom is 0.169 e. The zero-order valence-corrected chi connectivity index (χ0v) is 15.5. The van der Waals surface area contributed by atoms with E-state index in [0.29, 0.717) is 0 Å². The quantitative estimate of drug-likeness (QED) is 0.583. The highest BCUT2D eigenvalue weighted by atomic mass is 32.1. The molecule has 3 aromatic heterocycles. The summed E-state index contributed by atoms with van der Waals surface area (Å²) in [6, 6.07) is 10.7. The van der Waals surface area contributed by atoms with E-state index in [1.165, 1.54) is 33.3 Å². The van der Waals surface area contributed by atoms with Gasteiger partial charge in [-0.15, -0.1) is 11.3 Å². The molecule has 0 saturated carbocycles. The van der Waals surface area contributed by atoms with E-state index in [1.54, 1.807) is 11.3 Å². The molecular weight excluding hydrogens is 340 g/mol. The van der Waals surface area contributed by atoms with E-state index in [2.05, 4.69) is 57.6 Å². The lowest BCUT2D eigenvalue weighted by Crippen LogP contribution is -2.30. The van der Waals surface area contributed by atoms with Gasteiger partial charge in [-0.3, -0.25) is 4.90 Å². The largest absolute Gasteiger partial charge is 0.361 e. The van der Waals surface area contributed by atoms with E-state index in [-0.39, 0.29) is 0 Å². The third kappa shape index (κ3) is 2.83. The number of fused-ring (bicyclic) bond motifs is 2. The Labute approximate surface area is 156 Å². The van der Waals surface area contributed by atoms with Gasteiger partial charge in [-0.25, -0.2) is 9.97 Å². The van der Waals surface area contributed by atoms with Crippen molar-refractivity contribution in [2.45, 2.75) is 26.4 Å². The molecule has 26 heavy (non-hydrogen) atoms. The molecule has 4 aromatic rings. The van der Waals surface area contributed by atoms with Gasteiger partial charge in [-0.2, -0.15) is 0 Å². The van der Waals surface area contributed by atoms with Crippen LogP contribution in [0.3, 0.4) is 0 Å². The summed E-state index contributed by atoms with van der Waals surface area (Å²) in [6.45, 7) is 5.05. The lowest BCUT2D eigenvalue weighted by molar-refractivity contribution is 0.244. The minimum atomic E-state index is 0.860. The fourth-order valence-corrected chi connectivity index (χ4v) is 4.36. The molecule has 0 bridgehead atoms. The summed E-state index contributed by atoms with van der Waals surface area (Å²) >= 11 is 1.69. The van der Waals surface area contributed by atoms with Crippen molar-refractivity contribution in [3.63, 3.8) is 0 Å². The predicted octanol–water partition coefficient (Wildman–Crippen LogP) is 4.55. The topological polar surface area (TPSA) is 44.8 Å². The number of nitrogens with zero attached hydrogens (tertiary/aromatic N) is 3. The average molecular weight is 360 g/mol. The van der Waals surface area contributed by atoms with E-state index in [9.17, 15) is 0 Å². The number of aromatic amines is 1. The van der Waals surface area contributed by atoms with Crippen molar-refractivity contribution in [3.05, 3.63) is 70.5 Å². The molecule has 1 aliphatic rings. The molecule has 1 aromatic carbocycles. The highest BCUT2D eigenvalue weighted by Gasteiger charge is 2.20. The maximum atomic E-state index is 4.82. The van der Waals surface area contributed by atoms with Crippen molar-refractivity contribution < 1.29 is 0 Å². The summed E-state index contributed by atoms with van der Waals surface area (Å²) in [7, 11) is 0. The Morgan fingerprint density at radius 3 is 3.12 bits per heavy atom. The molecule has 1 aliphatic heterocycles. The second-order valence-electron chi connectivity index (χ2n) is 6.97. The number of nitrogens with one attached hydrogen (secondary N) is 1. The fraction of sp³-hybridized carbons (Fsp3) is 0.238. The van der Waals surface area contributed by atoms with E-state index in [1.807, 2.05) is 12.3 Å². The Bertz CT molecular complexity index is 1070. The molecule has 0 amide bonds. The van der Waals surface area contributed by atoms with Gasteiger partial charge in [0.25, 0.3) is 0 Å². The van der Waals surface area contributed by atoms with E-state index in [4.69, 9.17) is 4.98 Å². The average Bonchev–Trinajstić information content (AvgIpc) is 3.32. The van der Waals surface area contributed by atoms with E-state index >= 15 is 0 Å². The van der Waals surface area contributed by atoms with Crippen LogP contribution in [0.4, 0.5) is 0 Å². The van der Waals surface area contributed by atoms with Crippen molar-refractivity contribution in [1.29, 1.82) is 0 Å². The molecule has 5 rings (SSSR count). The van der Waals surface area contributed by atoms with Gasteiger partial charge in [0.15, 0.2) is 5.82 Å². The summed E-state index contributed by atoms with van der Waals surface area (Å²) in [5.74, 6) is 0.860. The van der Waals surface area contributed by atoms with Crippen LogP contribution in [0.5, 0.6) is 0 Å². The molecule has 4 heterocycles. The van der Waals surface area contributed by atoms with Gasteiger partial charge in [-0.05, 0) is 36.1 Å². The zero-order chi connectivity index (χ0) is 17.5. The van der Waals surface area contributed by atoms with Crippen molar-refractivity contribution in [2.24, 2.45) is 0 Å². The summed E-state index contributed by atoms with van der Waals surface area (Å²) in [4.78, 5) is 16.4. The molecule has 0 unspecified atom stereocenters. The zero-order valence-electron chi connectivity index (χ0n) is 14.7. The summed E-state index contributed by atoms with van der Waals surface area (Å²) in [5, 5.41) is 3.41. The highest BCUT2D eigenvalue weighted by molar-refractivity contribution is 7.13. The van der Waals surface area contributed by atoms with E-state index in [0.717, 1.165) is 36.8 Å². The van der Waals surface area contributed by atoms with Gasteiger partial charge >= 0.3 is 0 Å². The fourth-order valence-electron chi connectivity index (χ4n) is 3.70. The molecule has 130 valence electrons. The summed E-state index contributed by atoms with van der Waals surface area (Å²) in [6.07, 6.45) is 5.15. The second-order valence-corrected chi connectivity index (χ2v) is 7.91. The smallest absolute Gasteiger partial charge is 0.169 e. The summed E-state index contributed by atoms with van der Waals surface area (Å²) in [5.41, 5.74) is 6.34. The molecule has 0 aliphatic carbocycles. The van der Waals surface area contributed by atoms with Gasteiger partial charge in [0, 0.05) is 54.9 Å². The molecular formula is C21H20N4S. The van der Waals surface area contributed by atoms with Gasteiger partial charge in [-0.1, -0.05) is 17.7 Å². The molecule has 0 fully saturated rings. The predicted molar refractivity (Wildman–Crippen MR) is 106 cm³/mol.